The van der Waals surface area contributed by atoms with Gasteiger partial charge in [0.15, 0.2) is 11.5 Å². The normalized spacial score (nSPS) is 16.5. The molecule has 5 nitrogen and oxygen atoms in total. The number of hydrogen-bond acceptors (Lipinski definition) is 5. The average Bonchev–Trinajstić information content (AvgIpc) is 2.56. The van der Waals surface area contributed by atoms with Crippen LogP contribution in [0.1, 0.15) is 11.6 Å². The van der Waals surface area contributed by atoms with E-state index < -0.39 is 6.67 Å². The summed E-state index contributed by atoms with van der Waals surface area (Å²) in [6.45, 7) is 2.89. The Balaban J connectivity index is 0.00000242. The fourth-order valence-electron chi connectivity index (χ4n) is 2.68. The molecule has 0 saturated carbocycles. The predicted octanol–water partition coefficient (Wildman–Crippen LogP) is 2.05. The SMILES string of the molecule is COc1cc(OC)c([C@@H](CF)N2CCNCC2)cc1OC.Cl. The van der Waals surface area contributed by atoms with Gasteiger partial charge in [-0.2, -0.15) is 0 Å². The molecular formula is C15H24ClFN2O3. The number of benzene rings is 1. The van der Waals surface area contributed by atoms with Crippen LogP contribution in [0.4, 0.5) is 4.39 Å². The minimum absolute atomic E-state index is 0. The number of methoxy groups -OCH3 is 3. The molecular weight excluding hydrogens is 311 g/mol. The summed E-state index contributed by atoms with van der Waals surface area (Å²) in [4.78, 5) is 2.13. The smallest absolute Gasteiger partial charge is 0.164 e. The standard InChI is InChI=1S/C15H23FN2O3.ClH/c1-19-13-9-15(21-3)14(20-2)8-11(13)12(10-16)18-6-4-17-5-7-18;/h8-9,12,17H,4-7,10H2,1-3H3;1H/t12-;/m1./s1. The maximum absolute atomic E-state index is 13.7. The van der Waals surface area contributed by atoms with Crippen molar-refractivity contribution in [2.75, 3.05) is 54.2 Å². The van der Waals surface area contributed by atoms with Crippen LogP contribution in [0.5, 0.6) is 17.2 Å². The second-order valence-corrected chi connectivity index (χ2v) is 4.91. The number of halogens is 2. The lowest BCUT2D eigenvalue weighted by Crippen LogP contribution is -2.45. The van der Waals surface area contributed by atoms with Crippen LogP contribution in [0.15, 0.2) is 12.1 Å². The molecule has 0 radical (unpaired) electrons. The van der Waals surface area contributed by atoms with Crippen molar-refractivity contribution in [2.24, 2.45) is 0 Å². The highest BCUT2D eigenvalue weighted by Crippen LogP contribution is 2.39. The zero-order chi connectivity index (χ0) is 15.2. The van der Waals surface area contributed by atoms with Crippen molar-refractivity contribution >= 4 is 12.4 Å². The molecule has 2 rings (SSSR count). The van der Waals surface area contributed by atoms with Gasteiger partial charge in [-0.15, -0.1) is 12.4 Å². The molecule has 1 aliphatic heterocycles. The van der Waals surface area contributed by atoms with Crippen LogP contribution in [0.2, 0.25) is 0 Å². The topological polar surface area (TPSA) is 43.0 Å². The molecule has 7 heteroatoms. The number of nitrogens with one attached hydrogen (secondary N) is 1. The quantitative estimate of drug-likeness (QED) is 0.862. The Morgan fingerprint density at radius 3 is 2.09 bits per heavy atom. The molecule has 1 atom stereocenters. The summed E-state index contributed by atoms with van der Waals surface area (Å²) in [6.07, 6.45) is 0. The first-order valence-electron chi connectivity index (χ1n) is 7.05. The van der Waals surface area contributed by atoms with E-state index in [0.29, 0.717) is 17.2 Å². The molecule has 0 aromatic heterocycles. The summed E-state index contributed by atoms with van der Waals surface area (Å²) in [5.41, 5.74) is 0.791. The third-order valence-electron chi connectivity index (χ3n) is 3.83. The molecule has 1 aromatic carbocycles. The van der Waals surface area contributed by atoms with Crippen LogP contribution < -0.4 is 19.5 Å². The van der Waals surface area contributed by atoms with Gasteiger partial charge >= 0.3 is 0 Å². The summed E-state index contributed by atoms with van der Waals surface area (Å²) in [5, 5.41) is 3.27. The Labute approximate surface area is 137 Å². The van der Waals surface area contributed by atoms with Crippen LogP contribution in [-0.4, -0.2) is 59.1 Å². The van der Waals surface area contributed by atoms with E-state index in [0.717, 1.165) is 31.7 Å². The molecule has 1 saturated heterocycles. The molecule has 0 aliphatic carbocycles. The largest absolute Gasteiger partial charge is 0.496 e. The summed E-state index contributed by atoms with van der Waals surface area (Å²) in [5.74, 6) is 1.78. The molecule has 1 aliphatic rings. The number of hydrogen-bond donors (Lipinski definition) is 1. The van der Waals surface area contributed by atoms with Crippen molar-refractivity contribution in [3.8, 4) is 17.2 Å². The number of rotatable bonds is 6. The van der Waals surface area contributed by atoms with Crippen LogP contribution in [-0.2, 0) is 0 Å². The lowest BCUT2D eigenvalue weighted by atomic mass is 10.0. The van der Waals surface area contributed by atoms with Gasteiger partial charge < -0.3 is 19.5 Å². The number of piperazine rings is 1. The first-order chi connectivity index (χ1) is 10.2. The summed E-state index contributed by atoms with van der Waals surface area (Å²) in [6, 6.07) is 3.23. The maximum Gasteiger partial charge on any atom is 0.164 e. The maximum atomic E-state index is 13.7. The lowest BCUT2D eigenvalue weighted by molar-refractivity contribution is 0.144. The van der Waals surface area contributed by atoms with Gasteiger partial charge in [-0.25, -0.2) is 4.39 Å². The average molecular weight is 335 g/mol. The van der Waals surface area contributed by atoms with E-state index in [4.69, 9.17) is 14.2 Å². The Bertz CT molecular complexity index is 470. The molecule has 1 aromatic rings. The monoisotopic (exact) mass is 334 g/mol. The fourth-order valence-corrected chi connectivity index (χ4v) is 2.68. The van der Waals surface area contributed by atoms with Crippen molar-refractivity contribution in [3.05, 3.63) is 17.7 Å². The minimum Gasteiger partial charge on any atom is -0.496 e. The zero-order valence-corrected chi connectivity index (χ0v) is 14.0. The second-order valence-electron chi connectivity index (χ2n) is 4.91. The van der Waals surface area contributed by atoms with Crippen molar-refractivity contribution in [1.29, 1.82) is 0 Å². The Morgan fingerprint density at radius 2 is 1.59 bits per heavy atom. The van der Waals surface area contributed by atoms with Gasteiger partial charge in [0.05, 0.1) is 27.4 Å². The van der Waals surface area contributed by atoms with E-state index in [1.54, 1.807) is 27.4 Å². The van der Waals surface area contributed by atoms with Crippen LogP contribution in [0.3, 0.4) is 0 Å². The van der Waals surface area contributed by atoms with Crippen molar-refractivity contribution in [1.82, 2.24) is 10.2 Å². The fraction of sp³-hybridized carbons (Fsp3) is 0.600. The van der Waals surface area contributed by atoms with Gasteiger partial charge in [0.25, 0.3) is 0 Å². The molecule has 1 heterocycles. The third-order valence-corrected chi connectivity index (χ3v) is 3.83. The summed E-state index contributed by atoms with van der Waals surface area (Å²) >= 11 is 0. The van der Waals surface area contributed by atoms with E-state index in [-0.39, 0.29) is 18.4 Å². The van der Waals surface area contributed by atoms with Gasteiger partial charge in [0, 0.05) is 37.8 Å². The Hall–Kier alpha value is -1.24. The molecule has 0 amide bonds. The lowest BCUT2D eigenvalue weighted by Gasteiger charge is -2.34. The summed E-state index contributed by atoms with van der Waals surface area (Å²) in [7, 11) is 4.72. The number of alkyl halides is 1. The molecule has 0 bridgehead atoms. The van der Waals surface area contributed by atoms with E-state index in [1.165, 1.54) is 0 Å². The van der Waals surface area contributed by atoms with E-state index in [9.17, 15) is 4.39 Å². The van der Waals surface area contributed by atoms with Crippen LogP contribution >= 0.6 is 12.4 Å². The zero-order valence-electron chi connectivity index (χ0n) is 13.2. The van der Waals surface area contributed by atoms with Crippen molar-refractivity contribution in [2.45, 2.75) is 6.04 Å². The van der Waals surface area contributed by atoms with Crippen LogP contribution in [0.25, 0.3) is 0 Å². The highest BCUT2D eigenvalue weighted by Gasteiger charge is 2.26. The van der Waals surface area contributed by atoms with Crippen molar-refractivity contribution in [3.63, 3.8) is 0 Å². The van der Waals surface area contributed by atoms with Gasteiger partial charge in [-0.1, -0.05) is 0 Å². The predicted molar refractivity (Wildman–Crippen MR) is 86.5 cm³/mol. The minimum atomic E-state index is -0.466. The highest BCUT2D eigenvalue weighted by atomic mass is 35.5. The van der Waals surface area contributed by atoms with Gasteiger partial charge in [0.1, 0.15) is 12.4 Å². The van der Waals surface area contributed by atoms with Crippen LogP contribution in [0, 0.1) is 0 Å². The van der Waals surface area contributed by atoms with Gasteiger partial charge in [-0.05, 0) is 6.07 Å². The van der Waals surface area contributed by atoms with E-state index in [1.807, 2.05) is 6.07 Å². The molecule has 1 N–H and O–H groups in total. The Morgan fingerprint density at radius 1 is 1.05 bits per heavy atom. The number of nitrogens with zero attached hydrogens (tertiary/aromatic N) is 1. The third kappa shape index (κ3) is 3.94. The highest BCUT2D eigenvalue weighted by molar-refractivity contribution is 5.85. The molecule has 0 unspecified atom stereocenters. The molecule has 126 valence electrons. The van der Waals surface area contributed by atoms with Crippen molar-refractivity contribution < 1.29 is 18.6 Å². The first kappa shape index (κ1) is 18.8. The van der Waals surface area contributed by atoms with Gasteiger partial charge in [-0.3, -0.25) is 4.90 Å². The Kier molecular flexibility index (Phi) is 7.72. The molecule has 22 heavy (non-hydrogen) atoms. The second kappa shape index (κ2) is 9.02. The first-order valence-corrected chi connectivity index (χ1v) is 7.05. The number of ether oxygens (including phenoxy) is 3. The van der Waals surface area contributed by atoms with E-state index in [2.05, 4.69) is 10.2 Å². The molecule has 1 fully saturated rings. The molecule has 0 spiro atoms. The van der Waals surface area contributed by atoms with E-state index >= 15 is 0 Å². The van der Waals surface area contributed by atoms with Gasteiger partial charge in [0.2, 0.25) is 0 Å². The summed E-state index contributed by atoms with van der Waals surface area (Å²) < 4.78 is 29.7.